The van der Waals surface area contributed by atoms with Crippen LogP contribution in [-0.4, -0.2) is 50.8 Å². The first-order valence-electron chi connectivity index (χ1n) is 7.77. The van der Waals surface area contributed by atoms with Crippen molar-refractivity contribution < 1.29 is 14.3 Å². The van der Waals surface area contributed by atoms with Crippen LogP contribution in [0.3, 0.4) is 0 Å². The second-order valence-electron chi connectivity index (χ2n) is 6.06. The highest BCUT2D eigenvalue weighted by molar-refractivity contribution is 5.94. The summed E-state index contributed by atoms with van der Waals surface area (Å²) < 4.78 is 14.8. The number of hydrogen-bond acceptors (Lipinski definition) is 5. The van der Waals surface area contributed by atoms with Gasteiger partial charge < -0.3 is 14.8 Å². The molecule has 1 amide bonds. The van der Waals surface area contributed by atoms with Gasteiger partial charge in [-0.3, -0.25) is 14.2 Å². The third-order valence-electron chi connectivity index (χ3n) is 4.10. The molecule has 1 saturated carbocycles. The summed E-state index contributed by atoms with van der Waals surface area (Å²) in [4.78, 5) is 12.4. The van der Waals surface area contributed by atoms with Crippen LogP contribution in [0.15, 0.2) is 24.8 Å². The Balaban J connectivity index is 1.38. The molecule has 0 spiro atoms. The molecule has 23 heavy (non-hydrogen) atoms. The van der Waals surface area contributed by atoms with Crippen molar-refractivity contribution in [2.24, 2.45) is 7.05 Å². The van der Waals surface area contributed by atoms with Crippen LogP contribution in [0.5, 0.6) is 5.75 Å². The van der Waals surface area contributed by atoms with Gasteiger partial charge in [0.2, 0.25) is 0 Å². The molecule has 1 aliphatic carbocycles. The molecule has 1 saturated heterocycles. The van der Waals surface area contributed by atoms with Crippen LogP contribution in [0.25, 0.3) is 0 Å². The summed E-state index contributed by atoms with van der Waals surface area (Å²) in [5.41, 5.74) is 0.573. The van der Waals surface area contributed by atoms with Gasteiger partial charge in [-0.1, -0.05) is 0 Å². The lowest BCUT2D eigenvalue weighted by Crippen LogP contribution is -2.45. The lowest BCUT2D eigenvalue weighted by molar-refractivity contribution is 0.0904. The zero-order valence-corrected chi connectivity index (χ0v) is 12.9. The lowest BCUT2D eigenvalue weighted by Gasteiger charge is -2.19. The largest absolute Gasteiger partial charge is 0.482 e. The van der Waals surface area contributed by atoms with Gasteiger partial charge in [-0.2, -0.15) is 10.2 Å². The number of amides is 1. The van der Waals surface area contributed by atoms with Gasteiger partial charge in [0.1, 0.15) is 6.10 Å². The van der Waals surface area contributed by atoms with E-state index in [0.29, 0.717) is 30.6 Å². The Bertz CT molecular complexity index is 706. The summed E-state index contributed by atoms with van der Waals surface area (Å²) >= 11 is 0. The number of aryl methyl sites for hydroxylation is 1. The number of nitrogens with one attached hydrogen (secondary N) is 1. The zero-order chi connectivity index (χ0) is 15.8. The third-order valence-corrected chi connectivity index (χ3v) is 4.10. The van der Waals surface area contributed by atoms with E-state index >= 15 is 0 Å². The fourth-order valence-corrected chi connectivity index (χ4v) is 2.67. The first kappa shape index (κ1) is 14.3. The number of nitrogens with zero attached hydrogens (tertiary/aromatic N) is 4. The quantitative estimate of drug-likeness (QED) is 0.869. The Hall–Kier alpha value is -2.35. The van der Waals surface area contributed by atoms with Gasteiger partial charge in [0.15, 0.2) is 5.75 Å². The van der Waals surface area contributed by atoms with E-state index in [1.807, 2.05) is 11.7 Å². The smallest absolute Gasteiger partial charge is 0.254 e. The minimum absolute atomic E-state index is 0.146. The predicted molar refractivity (Wildman–Crippen MR) is 80.2 cm³/mol. The Morgan fingerprint density at radius 3 is 2.91 bits per heavy atom. The van der Waals surface area contributed by atoms with Crippen LogP contribution in [0.1, 0.15) is 29.2 Å². The van der Waals surface area contributed by atoms with Gasteiger partial charge in [0.05, 0.1) is 49.5 Å². The molecule has 2 aromatic heterocycles. The molecule has 3 heterocycles. The highest BCUT2D eigenvalue weighted by atomic mass is 16.5. The van der Waals surface area contributed by atoms with E-state index in [2.05, 4.69) is 15.5 Å². The topological polar surface area (TPSA) is 83.2 Å². The van der Waals surface area contributed by atoms with Crippen molar-refractivity contribution in [1.29, 1.82) is 0 Å². The fourth-order valence-electron chi connectivity index (χ4n) is 2.67. The lowest BCUT2D eigenvalue weighted by atomic mass is 10.2. The summed E-state index contributed by atoms with van der Waals surface area (Å²) in [5, 5.41) is 11.3. The molecule has 2 aromatic rings. The van der Waals surface area contributed by atoms with Crippen LogP contribution in [0, 0.1) is 0 Å². The zero-order valence-electron chi connectivity index (χ0n) is 12.9. The standard InChI is InChI=1S/C15H19N5O3/c1-19-7-12(5-16-19)23-14-9-22-8-13(14)18-15(21)10-4-17-20(6-10)11-2-3-11/h4-7,11,13-14H,2-3,8-9H2,1H3,(H,18,21)/t13-,14+/m0/s1. The van der Waals surface area contributed by atoms with Crippen LogP contribution in [-0.2, 0) is 11.8 Å². The number of hydrogen-bond donors (Lipinski definition) is 1. The maximum atomic E-state index is 12.4. The first-order valence-corrected chi connectivity index (χ1v) is 7.77. The van der Waals surface area contributed by atoms with Crippen molar-refractivity contribution in [1.82, 2.24) is 24.9 Å². The second kappa shape index (κ2) is 5.69. The molecule has 4 rings (SSSR count). The molecule has 0 unspecified atom stereocenters. The Kier molecular flexibility index (Phi) is 3.53. The van der Waals surface area contributed by atoms with Gasteiger partial charge in [-0.15, -0.1) is 0 Å². The molecule has 2 atom stereocenters. The molecule has 8 nitrogen and oxygen atoms in total. The number of rotatable bonds is 5. The minimum atomic E-state index is -0.221. The molecule has 122 valence electrons. The van der Waals surface area contributed by atoms with E-state index in [4.69, 9.17) is 9.47 Å². The highest BCUT2D eigenvalue weighted by Gasteiger charge is 2.32. The molecule has 8 heteroatoms. The predicted octanol–water partition coefficient (Wildman–Crippen LogP) is 0.528. The van der Waals surface area contributed by atoms with Crippen molar-refractivity contribution in [2.75, 3.05) is 13.2 Å². The van der Waals surface area contributed by atoms with Crippen molar-refractivity contribution in [3.8, 4) is 5.75 Å². The second-order valence-corrected chi connectivity index (χ2v) is 6.06. The molecule has 1 N–H and O–H groups in total. The molecule has 0 aromatic carbocycles. The minimum Gasteiger partial charge on any atom is -0.482 e. The summed E-state index contributed by atoms with van der Waals surface area (Å²) in [7, 11) is 1.83. The number of ether oxygens (including phenoxy) is 2. The van der Waals surface area contributed by atoms with E-state index in [-0.39, 0.29) is 18.1 Å². The van der Waals surface area contributed by atoms with Crippen LogP contribution in [0.4, 0.5) is 0 Å². The Labute approximate surface area is 133 Å². The number of carbonyl (C=O) groups excluding carboxylic acids is 1. The average molecular weight is 317 g/mol. The normalized spacial score (nSPS) is 23.9. The van der Waals surface area contributed by atoms with Gasteiger partial charge in [-0.25, -0.2) is 0 Å². The molecular formula is C15H19N5O3. The molecular weight excluding hydrogens is 298 g/mol. The fraction of sp³-hybridized carbons (Fsp3) is 0.533. The van der Waals surface area contributed by atoms with E-state index in [1.165, 1.54) is 0 Å². The monoisotopic (exact) mass is 317 g/mol. The van der Waals surface area contributed by atoms with Crippen LogP contribution >= 0.6 is 0 Å². The number of aromatic nitrogens is 4. The Morgan fingerprint density at radius 1 is 1.30 bits per heavy atom. The van der Waals surface area contributed by atoms with Gasteiger partial charge in [0, 0.05) is 13.2 Å². The third kappa shape index (κ3) is 3.07. The van der Waals surface area contributed by atoms with Crippen molar-refractivity contribution in [3.63, 3.8) is 0 Å². The van der Waals surface area contributed by atoms with Crippen LogP contribution < -0.4 is 10.1 Å². The van der Waals surface area contributed by atoms with Gasteiger partial charge in [0.25, 0.3) is 5.91 Å². The summed E-state index contributed by atoms with van der Waals surface area (Å²) in [5.74, 6) is 0.524. The molecule has 0 radical (unpaired) electrons. The van der Waals surface area contributed by atoms with Crippen LogP contribution in [0.2, 0.25) is 0 Å². The summed E-state index contributed by atoms with van der Waals surface area (Å²) in [6, 6.07) is 0.278. The average Bonchev–Trinajstić information content (AvgIpc) is 2.94. The SMILES string of the molecule is Cn1cc(O[C@@H]2COC[C@@H]2NC(=O)c2cnn(C3CC3)c2)cn1. The molecule has 2 fully saturated rings. The highest BCUT2D eigenvalue weighted by Crippen LogP contribution is 2.34. The maximum absolute atomic E-state index is 12.4. The van der Waals surface area contributed by atoms with E-state index in [9.17, 15) is 4.79 Å². The first-order chi connectivity index (χ1) is 11.2. The summed E-state index contributed by atoms with van der Waals surface area (Å²) in [6.07, 6.45) is 8.91. The van der Waals surface area contributed by atoms with Crippen molar-refractivity contribution in [3.05, 3.63) is 30.4 Å². The van der Waals surface area contributed by atoms with Gasteiger partial charge >= 0.3 is 0 Å². The molecule has 0 bridgehead atoms. The number of carbonyl (C=O) groups is 1. The Morgan fingerprint density at radius 2 is 2.17 bits per heavy atom. The maximum Gasteiger partial charge on any atom is 0.254 e. The molecule has 2 aliphatic rings. The molecule has 1 aliphatic heterocycles. The van der Waals surface area contributed by atoms with E-state index in [0.717, 1.165) is 12.8 Å². The summed E-state index contributed by atoms with van der Waals surface area (Å²) in [6.45, 7) is 0.884. The van der Waals surface area contributed by atoms with E-state index < -0.39 is 0 Å². The van der Waals surface area contributed by atoms with Crippen molar-refractivity contribution >= 4 is 5.91 Å². The van der Waals surface area contributed by atoms with E-state index in [1.54, 1.807) is 29.5 Å². The van der Waals surface area contributed by atoms with Crippen molar-refractivity contribution in [2.45, 2.75) is 31.0 Å². The van der Waals surface area contributed by atoms with Gasteiger partial charge in [-0.05, 0) is 12.8 Å².